The molecule has 2 N–H and O–H groups in total. The molecule has 2 fully saturated rings. The molecule has 2 saturated carbocycles. The standard InChI is InChI=1S/C11H21NS/c12-9-11(7-3-4-8-11)13-10-5-1-2-6-10/h10H,1-9,12H2. The molecule has 2 heteroatoms. The van der Waals surface area contributed by atoms with E-state index in [1.54, 1.807) is 0 Å². The second-order valence-electron chi connectivity index (χ2n) is 4.62. The number of hydrogen-bond donors (Lipinski definition) is 1. The summed E-state index contributed by atoms with van der Waals surface area (Å²) in [6.07, 6.45) is 11.4. The molecule has 1 nitrogen and oxygen atoms in total. The summed E-state index contributed by atoms with van der Waals surface area (Å²) in [7, 11) is 0. The van der Waals surface area contributed by atoms with Crippen molar-refractivity contribution in [3.63, 3.8) is 0 Å². The van der Waals surface area contributed by atoms with Gasteiger partial charge in [0.15, 0.2) is 0 Å². The first-order valence-corrected chi connectivity index (χ1v) is 6.60. The quantitative estimate of drug-likeness (QED) is 0.756. The van der Waals surface area contributed by atoms with Crippen molar-refractivity contribution in [2.45, 2.75) is 61.4 Å². The Kier molecular flexibility index (Phi) is 3.20. The first-order valence-electron chi connectivity index (χ1n) is 5.73. The van der Waals surface area contributed by atoms with Crippen molar-refractivity contribution in [1.29, 1.82) is 0 Å². The number of rotatable bonds is 3. The maximum atomic E-state index is 5.93. The van der Waals surface area contributed by atoms with Crippen molar-refractivity contribution in [1.82, 2.24) is 0 Å². The Morgan fingerprint density at radius 1 is 1.08 bits per heavy atom. The molecule has 0 spiro atoms. The highest BCUT2D eigenvalue weighted by molar-refractivity contribution is 8.01. The minimum Gasteiger partial charge on any atom is -0.329 e. The lowest BCUT2D eigenvalue weighted by Gasteiger charge is -2.29. The van der Waals surface area contributed by atoms with E-state index in [1.165, 1.54) is 51.4 Å². The molecule has 0 saturated heterocycles. The second-order valence-corrected chi connectivity index (χ2v) is 6.39. The van der Waals surface area contributed by atoms with Gasteiger partial charge in [-0.1, -0.05) is 25.7 Å². The average molecular weight is 199 g/mol. The molecule has 0 aromatic carbocycles. The number of hydrogen-bond acceptors (Lipinski definition) is 2. The molecule has 0 amide bonds. The van der Waals surface area contributed by atoms with Crippen LogP contribution in [-0.2, 0) is 0 Å². The molecule has 76 valence electrons. The van der Waals surface area contributed by atoms with Crippen LogP contribution in [0, 0.1) is 0 Å². The van der Waals surface area contributed by atoms with Crippen LogP contribution in [0.3, 0.4) is 0 Å². The topological polar surface area (TPSA) is 26.0 Å². The zero-order valence-electron chi connectivity index (χ0n) is 8.43. The van der Waals surface area contributed by atoms with Gasteiger partial charge in [0.05, 0.1) is 0 Å². The van der Waals surface area contributed by atoms with Crippen LogP contribution < -0.4 is 5.73 Å². The van der Waals surface area contributed by atoms with Crippen molar-refractivity contribution in [2.24, 2.45) is 5.73 Å². The Morgan fingerprint density at radius 2 is 1.69 bits per heavy atom. The van der Waals surface area contributed by atoms with E-state index in [4.69, 9.17) is 5.73 Å². The zero-order chi connectivity index (χ0) is 9.15. The first-order chi connectivity index (χ1) is 6.35. The fraction of sp³-hybridized carbons (Fsp3) is 1.00. The van der Waals surface area contributed by atoms with Crippen LogP contribution >= 0.6 is 11.8 Å². The van der Waals surface area contributed by atoms with E-state index < -0.39 is 0 Å². The number of thioether (sulfide) groups is 1. The van der Waals surface area contributed by atoms with Gasteiger partial charge in [0.2, 0.25) is 0 Å². The van der Waals surface area contributed by atoms with Crippen molar-refractivity contribution in [3.05, 3.63) is 0 Å². The van der Waals surface area contributed by atoms with Crippen LogP contribution in [-0.4, -0.2) is 16.5 Å². The Balaban J connectivity index is 1.88. The summed E-state index contributed by atoms with van der Waals surface area (Å²) in [6, 6.07) is 0. The van der Waals surface area contributed by atoms with Gasteiger partial charge in [0, 0.05) is 16.5 Å². The molecule has 0 atom stereocenters. The van der Waals surface area contributed by atoms with Gasteiger partial charge in [-0.15, -0.1) is 0 Å². The fourth-order valence-electron chi connectivity index (χ4n) is 2.75. The van der Waals surface area contributed by atoms with E-state index in [-0.39, 0.29) is 0 Å². The summed E-state index contributed by atoms with van der Waals surface area (Å²) in [5, 5.41) is 0.946. The molecule has 0 aromatic rings. The monoisotopic (exact) mass is 199 g/mol. The summed E-state index contributed by atoms with van der Waals surface area (Å²) in [5.41, 5.74) is 5.93. The summed E-state index contributed by atoms with van der Waals surface area (Å²) >= 11 is 2.24. The Labute approximate surface area is 85.8 Å². The van der Waals surface area contributed by atoms with E-state index in [0.29, 0.717) is 4.75 Å². The molecule has 13 heavy (non-hydrogen) atoms. The van der Waals surface area contributed by atoms with Crippen molar-refractivity contribution in [3.8, 4) is 0 Å². The van der Waals surface area contributed by atoms with Gasteiger partial charge in [-0.3, -0.25) is 0 Å². The summed E-state index contributed by atoms with van der Waals surface area (Å²) in [4.78, 5) is 0. The third-order valence-corrected chi connectivity index (χ3v) is 5.49. The fourth-order valence-corrected chi connectivity index (χ4v) is 4.65. The highest BCUT2D eigenvalue weighted by atomic mass is 32.2. The van der Waals surface area contributed by atoms with Gasteiger partial charge in [-0.05, 0) is 25.7 Å². The average Bonchev–Trinajstić information content (AvgIpc) is 2.77. The predicted molar refractivity (Wildman–Crippen MR) is 60.1 cm³/mol. The Morgan fingerprint density at radius 3 is 2.23 bits per heavy atom. The molecular weight excluding hydrogens is 178 g/mol. The van der Waals surface area contributed by atoms with E-state index in [2.05, 4.69) is 11.8 Å². The largest absolute Gasteiger partial charge is 0.329 e. The van der Waals surface area contributed by atoms with Crippen LogP contribution in [0.4, 0.5) is 0 Å². The minimum absolute atomic E-state index is 0.495. The van der Waals surface area contributed by atoms with Crippen LogP contribution in [0.2, 0.25) is 0 Å². The molecule has 0 aliphatic heterocycles. The van der Waals surface area contributed by atoms with E-state index in [0.717, 1.165) is 11.8 Å². The van der Waals surface area contributed by atoms with Crippen LogP contribution in [0.15, 0.2) is 0 Å². The molecule has 0 heterocycles. The minimum atomic E-state index is 0.495. The lowest BCUT2D eigenvalue weighted by atomic mass is 10.1. The SMILES string of the molecule is NCC1(SC2CCCC2)CCCC1. The summed E-state index contributed by atoms with van der Waals surface area (Å²) < 4.78 is 0.495. The van der Waals surface area contributed by atoms with Crippen LogP contribution in [0.25, 0.3) is 0 Å². The van der Waals surface area contributed by atoms with Gasteiger partial charge in [-0.2, -0.15) is 11.8 Å². The van der Waals surface area contributed by atoms with Crippen molar-refractivity contribution in [2.75, 3.05) is 6.54 Å². The maximum absolute atomic E-state index is 5.93. The maximum Gasteiger partial charge on any atom is 0.0285 e. The molecule has 2 rings (SSSR count). The first kappa shape index (κ1) is 9.85. The zero-order valence-corrected chi connectivity index (χ0v) is 9.24. The predicted octanol–water partition coefficient (Wildman–Crippen LogP) is 2.93. The van der Waals surface area contributed by atoms with Gasteiger partial charge in [0.25, 0.3) is 0 Å². The van der Waals surface area contributed by atoms with Crippen LogP contribution in [0.1, 0.15) is 51.4 Å². The van der Waals surface area contributed by atoms with Crippen molar-refractivity contribution >= 4 is 11.8 Å². The van der Waals surface area contributed by atoms with Gasteiger partial charge >= 0.3 is 0 Å². The van der Waals surface area contributed by atoms with Gasteiger partial charge in [-0.25, -0.2) is 0 Å². The Bertz CT molecular complexity index is 157. The lowest BCUT2D eigenvalue weighted by molar-refractivity contribution is 0.613. The molecule has 0 aromatic heterocycles. The molecular formula is C11H21NS. The molecule has 2 aliphatic carbocycles. The summed E-state index contributed by atoms with van der Waals surface area (Å²) in [5.74, 6) is 0. The molecule has 0 bridgehead atoms. The molecule has 2 aliphatic rings. The lowest BCUT2D eigenvalue weighted by Crippen LogP contribution is -2.32. The second kappa shape index (κ2) is 4.22. The Hall–Kier alpha value is 0.310. The van der Waals surface area contributed by atoms with E-state index >= 15 is 0 Å². The molecule has 0 unspecified atom stereocenters. The van der Waals surface area contributed by atoms with Crippen molar-refractivity contribution < 1.29 is 0 Å². The smallest absolute Gasteiger partial charge is 0.0285 e. The highest BCUT2D eigenvalue weighted by Gasteiger charge is 2.36. The third kappa shape index (κ3) is 2.21. The van der Waals surface area contributed by atoms with E-state index in [9.17, 15) is 0 Å². The number of nitrogens with two attached hydrogens (primary N) is 1. The molecule has 0 radical (unpaired) electrons. The summed E-state index contributed by atoms with van der Waals surface area (Å²) in [6.45, 7) is 0.911. The third-order valence-electron chi connectivity index (χ3n) is 3.61. The van der Waals surface area contributed by atoms with Gasteiger partial charge < -0.3 is 5.73 Å². The van der Waals surface area contributed by atoms with Gasteiger partial charge in [0.1, 0.15) is 0 Å². The highest BCUT2D eigenvalue weighted by Crippen LogP contribution is 2.46. The normalized spacial score (nSPS) is 28.4. The van der Waals surface area contributed by atoms with Crippen LogP contribution in [0.5, 0.6) is 0 Å². The van der Waals surface area contributed by atoms with E-state index in [1.807, 2.05) is 0 Å².